The summed E-state index contributed by atoms with van der Waals surface area (Å²) in [6.45, 7) is 2.02. The van der Waals surface area contributed by atoms with Gasteiger partial charge in [-0.15, -0.1) is 0 Å². The van der Waals surface area contributed by atoms with E-state index >= 15 is 0 Å². The van der Waals surface area contributed by atoms with Gasteiger partial charge in [-0.2, -0.15) is 0 Å². The summed E-state index contributed by atoms with van der Waals surface area (Å²) in [6, 6.07) is 0. The highest BCUT2D eigenvalue weighted by atomic mass is 17.1. The highest BCUT2D eigenvalue weighted by Gasteiger charge is 1.95. The molecule has 0 aromatic heterocycles. The molecule has 0 aliphatic heterocycles. The van der Waals surface area contributed by atoms with Crippen LogP contribution >= 0.6 is 0 Å². The summed E-state index contributed by atoms with van der Waals surface area (Å²) in [6.07, 6.45) is 10.9. The molecule has 72 valence electrons. The van der Waals surface area contributed by atoms with Gasteiger partial charge in [-0.25, -0.2) is 4.89 Å². The summed E-state index contributed by atoms with van der Waals surface area (Å²) in [4.78, 5) is 14.0. The Bertz CT molecular complexity index is 204. The molecule has 0 fully saturated rings. The lowest BCUT2D eigenvalue weighted by Gasteiger charge is -1.99. The SMILES string of the molecule is CCC=CC=CC(C=CC=O)OO. The van der Waals surface area contributed by atoms with Crippen LogP contribution in [0.2, 0.25) is 0 Å². The number of hydrogen-bond donors (Lipinski definition) is 1. The minimum Gasteiger partial charge on any atom is -0.299 e. The largest absolute Gasteiger partial charge is 0.299 e. The van der Waals surface area contributed by atoms with Crippen LogP contribution in [0.25, 0.3) is 0 Å². The Morgan fingerprint density at radius 1 is 1.31 bits per heavy atom. The number of carbonyl (C=O) groups is 1. The zero-order valence-electron chi connectivity index (χ0n) is 7.59. The van der Waals surface area contributed by atoms with E-state index in [1.54, 1.807) is 12.2 Å². The highest BCUT2D eigenvalue weighted by molar-refractivity contribution is 5.64. The van der Waals surface area contributed by atoms with Gasteiger partial charge in [-0.3, -0.25) is 10.1 Å². The number of hydrogen-bond acceptors (Lipinski definition) is 3. The molecular weight excluding hydrogens is 168 g/mol. The minimum atomic E-state index is -0.563. The lowest BCUT2D eigenvalue weighted by molar-refractivity contribution is -0.254. The van der Waals surface area contributed by atoms with Crippen LogP contribution in [0.15, 0.2) is 36.5 Å². The van der Waals surface area contributed by atoms with E-state index in [4.69, 9.17) is 5.26 Å². The zero-order chi connectivity index (χ0) is 9.94. The van der Waals surface area contributed by atoms with Crippen LogP contribution in [0.1, 0.15) is 13.3 Å². The lowest BCUT2D eigenvalue weighted by atomic mass is 10.3. The number of aldehydes is 1. The van der Waals surface area contributed by atoms with Gasteiger partial charge in [0.15, 0.2) is 0 Å². The van der Waals surface area contributed by atoms with Gasteiger partial charge in [-0.05, 0) is 24.6 Å². The summed E-state index contributed by atoms with van der Waals surface area (Å²) in [5.41, 5.74) is 0. The monoisotopic (exact) mass is 182 g/mol. The molecule has 3 heteroatoms. The van der Waals surface area contributed by atoms with Crippen molar-refractivity contribution in [3.8, 4) is 0 Å². The van der Waals surface area contributed by atoms with Crippen LogP contribution in [0.4, 0.5) is 0 Å². The van der Waals surface area contributed by atoms with Crippen LogP contribution in [0.3, 0.4) is 0 Å². The molecule has 1 N–H and O–H groups in total. The molecule has 0 saturated heterocycles. The zero-order valence-corrected chi connectivity index (χ0v) is 7.59. The van der Waals surface area contributed by atoms with Gasteiger partial charge in [0.1, 0.15) is 12.4 Å². The van der Waals surface area contributed by atoms with Crippen molar-refractivity contribution in [2.24, 2.45) is 0 Å². The highest BCUT2D eigenvalue weighted by Crippen LogP contribution is 1.94. The molecule has 0 aromatic rings. The third-order valence-electron chi connectivity index (χ3n) is 1.28. The minimum absolute atomic E-state index is 0.563. The van der Waals surface area contributed by atoms with E-state index in [0.717, 1.165) is 6.42 Å². The van der Waals surface area contributed by atoms with Gasteiger partial charge in [-0.1, -0.05) is 25.2 Å². The van der Waals surface area contributed by atoms with Crippen molar-refractivity contribution in [1.82, 2.24) is 0 Å². The molecule has 0 amide bonds. The van der Waals surface area contributed by atoms with Crippen LogP contribution in [-0.4, -0.2) is 17.6 Å². The van der Waals surface area contributed by atoms with Crippen molar-refractivity contribution in [1.29, 1.82) is 0 Å². The molecule has 0 rings (SSSR count). The van der Waals surface area contributed by atoms with Crippen LogP contribution < -0.4 is 0 Å². The predicted molar refractivity (Wildman–Crippen MR) is 51.3 cm³/mol. The van der Waals surface area contributed by atoms with Crippen LogP contribution in [0.5, 0.6) is 0 Å². The molecule has 1 unspecified atom stereocenters. The maximum absolute atomic E-state index is 9.94. The average molecular weight is 182 g/mol. The first-order valence-electron chi connectivity index (χ1n) is 4.10. The summed E-state index contributed by atoms with van der Waals surface area (Å²) in [7, 11) is 0. The maximum atomic E-state index is 9.94. The summed E-state index contributed by atoms with van der Waals surface area (Å²) < 4.78 is 0. The van der Waals surface area contributed by atoms with Crippen molar-refractivity contribution in [2.45, 2.75) is 19.4 Å². The van der Waals surface area contributed by atoms with E-state index < -0.39 is 6.10 Å². The molecule has 0 aliphatic rings. The van der Waals surface area contributed by atoms with Gasteiger partial charge in [0.2, 0.25) is 0 Å². The molecule has 3 nitrogen and oxygen atoms in total. The first-order chi connectivity index (χ1) is 6.35. The molecule has 0 saturated carbocycles. The number of carbonyl (C=O) groups excluding carboxylic acids is 1. The Kier molecular flexibility index (Phi) is 8.09. The Balaban J connectivity index is 3.96. The number of rotatable bonds is 6. The Hall–Kier alpha value is -1.19. The molecule has 0 aliphatic carbocycles. The fraction of sp³-hybridized carbons (Fsp3) is 0.300. The van der Waals surface area contributed by atoms with Gasteiger partial charge in [0.25, 0.3) is 0 Å². The third-order valence-corrected chi connectivity index (χ3v) is 1.28. The second-order valence-electron chi connectivity index (χ2n) is 2.31. The molecule has 0 bridgehead atoms. The quantitative estimate of drug-likeness (QED) is 0.225. The van der Waals surface area contributed by atoms with Gasteiger partial charge < -0.3 is 0 Å². The number of allylic oxidation sites excluding steroid dienone is 4. The van der Waals surface area contributed by atoms with Crippen molar-refractivity contribution < 1.29 is 14.9 Å². The fourth-order valence-electron chi connectivity index (χ4n) is 0.678. The van der Waals surface area contributed by atoms with Crippen molar-refractivity contribution in [3.05, 3.63) is 36.5 Å². The van der Waals surface area contributed by atoms with E-state index in [2.05, 4.69) is 4.89 Å². The Morgan fingerprint density at radius 3 is 2.54 bits per heavy atom. The van der Waals surface area contributed by atoms with Crippen molar-refractivity contribution in [3.63, 3.8) is 0 Å². The fourth-order valence-corrected chi connectivity index (χ4v) is 0.678. The van der Waals surface area contributed by atoms with Crippen LogP contribution in [0, 0.1) is 0 Å². The van der Waals surface area contributed by atoms with E-state index in [1.807, 2.05) is 19.1 Å². The second kappa shape index (κ2) is 8.90. The van der Waals surface area contributed by atoms with Gasteiger partial charge in [0, 0.05) is 0 Å². The third kappa shape index (κ3) is 7.18. The van der Waals surface area contributed by atoms with Crippen LogP contribution in [-0.2, 0) is 9.68 Å². The molecule has 0 heterocycles. The lowest BCUT2D eigenvalue weighted by Crippen LogP contribution is -2.02. The first kappa shape index (κ1) is 11.8. The first-order valence-corrected chi connectivity index (χ1v) is 4.10. The van der Waals surface area contributed by atoms with E-state index in [9.17, 15) is 4.79 Å². The average Bonchev–Trinajstić information content (AvgIpc) is 2.17. The Labute approximate surface area is 78.0 Å². The van der Waals surface area contributed by atoms with E-state index in [1.165, 1.54) is 12.2 Å². The molecule has 0 radical (unpaired) electrons. The molecule has 0 spiro atoms. The summed E-state index contributed by atoms with van der Waals surface area (Å²) in [5.74, 6) is 0. The summed E-state index contributed by atoms with van der Waals surface area (Å²) in [5, 5.41) is 8.37. The maximum Gasteiger partial charge on any atom is 0.142 e. The standard InChI is InChI=1S/C10H14O3/c1-2-3-4-5-7-10(13-12)8-6-9-11/h3-10,12H,2H2,1H3. The molecule has 1 atom stereocenters. The second-order valence-corrected chi connectivity index (χ2v) is 2.31. The summed E-state index contributed by atoms with van der Waals surface area (Å²) >= 11 is 0. The molecule has 0 aromatic carbocycles. The normalized spacial score (nSPS) is 14.6. The Morgan fingerprint density at radius 2 is 2.00 bits per heavy atom. The van der Waals surface area contributed by atoms with Crippen molar-refractivity contribution in [2.75, 3.05) is 0 Å². The van der Waals surface area contributed by atoms with Crippen molar-refractivity contribution >= 4 is 6.29 Å². The smallest absolute Gasteiger partial charge is 0.142 e. The topological polar surface area (TPSA) is 46.5 Å². The molecular formula is C10H14O3. The molecule has 13 heavy (non-hydrogen) atoms. The van der Waals surface area contributed by atoms with Gasteiger partial charge in [0.05, 0.1) is 0 Å². The van der Waals surface area contributed by atoms with E-state index in [-0.39, 0.29) is 0 Å². The van der Waals surface area contributed by atoms with E-state index in [0.29, 0.717) is 6.29 Å². The van der Waals surface area contributed by atoms with Gasteiger partial charge >= 0.3 is 0 Å². The predicted octanol–water partition coefficient (Wildman–Crippen LogP) is 2.12.